The number of benzene rings is 1. The zero-order valence-electron chi connectivity index (χ0n) is 20.0. The van der Waals surface area contributed by atoms with E-state index in [-0.39, 0.29) is 11.8 Å². The summed E-state index contributed by atoms with van der Waals surface area (Å²) >= 11 is 1.37. The second kappa shape index (κ2) is 9.55. The van der Waals surface area contributed by atoms with E-state index in [1.165, 1.54) is 11.8 Å². The first-order valence-corrected chi connectivity index (χ1v) is 12.8. The van der Waals surface area contributed by atoms with E-state index in [9.17, 15) is 4.79 Å². The quantitative estimate of drug-likeness (QED) is 0.283. The van der Waals surface area contributed by atoms with Crippen molar-refractivity contribution in [3.05, 3.63) is 66.3 Å². The highest BCUT2D eigenvalue weighted by atomic mass is 32.2. The highest BCUT2D eigenvalue weighted by Crippen LogP contribution is 2.34. The number of rotatable bonds is 8. The smallest absolute Gasteiger partial charge is 0.228 e. The van der Waals surface area contributed by atoms with Crippen molar-refractivity contribution in [1.82, 2.24) is 29.2 Å². The molecule has 1 amide bonds. The molecule has 0 spiro atoms. The lowest BCUT2D eigenvalue weighted by Gasteiger charge is -2.09. The Morgan fingerprint density at radius 2 is 1.97 bits per heavy atom. The fourth-order valence-corrected chi connectivity index (χ4v) is 4.65. The third kappa shape index (κ3) is 4.71. The fourth-order valence-electron chi connectivity index (χ4n) is 3.88. The van der Waals surface area contributed by atoms with Gasteiger partial charge in [-0.2, -0.15) is 5.10 Å². The SMILES string of the molecule is [C-]#[N+]c1cc(-c2ccc3nnc(Sc4ccc5nc(NC(=O)C6CC6)cn5n4)n3c2)ccc1OCCC. The van der Waals surface area contributed by atoms with Gasteiger partial charge in [-0.1, -0.05) is 13.0 Å². The molecule has 1 aliphatic carbocycles. The molecule has 0 bridgehead atoms. The summed E-state index contributed by atoms with van der Waals surface area (Å²) in [7, 11) is 0. The number of nitrogens with one attached hydrogen (secondary N) is 1. The largest absolute Gasteiger partial charge is 0.505 e. The van der Waals surface area contributed by atoms with Gasteiger partial charge in [-0.3, -0.25) is 9.20 Å². The molecule has 1 aliphatic rings. The van der Waals surface area contributed by atoms with Crippen molar-refractivity contribution in [2.24, 2.45) is 5.92 Å². The first-order chi connectivity index (χ1) is 18.1. The second-order valence-corrected chi connectivity index (χ2v) is 9.72. The Labute approximate surface area is 216 Å². The van der Waals surface area contributed by atoms with Gasteiger partial charge in [-0.05, 0) is 78.5 Å². The molecule has 6 rings (SSSR count). The molecular weight excluding hydrogens is 488 g/mol. The van der Waals surface area contributed by atoms with Gasteiger partial charge < -0.3 is 10.1 Å². The van der Waals surface area contributed by atoms with Crippen LogP contribution in [0.3, 0.4) is 0 Å². The molecule has 10 nitrogen and oxygen atoms in total. The van der Waals surface area contributed by atoms with Crippen LogP contribution in [0.1, 0.15) is 26.2 Å². The number of imidazole rings is 1. The molecule has 11 heteroatoms. The second-order valence-electron chi connectivity index (χ2n) is 8.74. The summed E-state index contributed by atoms with van der Waals surface area (Å²) in [5.74, 6) is 1.21. The summed E-state index contributed by atoms with van der Waals surface area (Å²) in [4.78, 5) is 20.1. The van der Waals surface area contributed by atoms with Gasteiger partial charge in [0.05, 0.1) is 19.4 Å². The Morgan fingerprint density at radius 1 is 1.14 bits per heavy atom. The summed E-state index contributed by atoms with van der Waals surface area (Å²) in [6.07, 6.45) is 6.42. The van der Waals surface area contributed by atoms with Crippen LogP contribution >= 0.6 is 11.8 Å². The molecule has 1 N–H and O–H groups in total. The molecule has 1 saturated carbocycles. The van der Waals surface area contributed by atoms with Gasteiger partial charge in [0, 0.05) is 12.1 Å². The van der Waals surface area contributed by atoms with E-state index in [1.807, 2.05) is 60.0 Å². The Kier molecular flexibility index (Phi) is 5.94. The van der Waals surface area contributed by atoms with Gasteiger partial charge in [-0.25, -0.2) is 14.3 Å². The molecule has 0 atom stereocenters. The van der Waals surface area contributed by atoms with Crippen LogP contribution in [0.25, 0.3) is 27.3 Å². The van der Waals surface area contributed by atoms with Gasteiger partial charge in [0.1, 0.15) is 10.8 Å². The van der Waals surface area contributed by atoms with Crippen LogP contribution in [0.5, 0.6) is 5.75 Å². The van der Waals surface area contributed by atoms with E-state index < -0.39 is 0 Å². The molecule has 1 aromatic carbocycles. The Hall–Kier alpha value is -4.43. The van der Waals surface area contributed by atoms with Gasteiger partial charge in [0.2, 0.25) is 16.8 Å². The molecule has 4 heterocycles. The minimum atomic E-state index is 0.00961. The number of amides is 1. The molecule has 5 aromatic rings. The molecular formula is C26H22N8O2S. The maximum atomic E-state index is 12.1. The lowest BCUT2D eigenvalue weighted by atomic mass is 10.1. The van der Waals surface area contributed by atoms with Crippen LogP contribution < -0.4 is 10.1 Å². The molecule has 184 valence electrons. The Bertz CT molecular complexity index is 1680. The van der Waals surface area contributed by atoms with E-state index in [2.05, 4.69) is 30.4 Å². The average molecular weight is 511 g/mol. The number of aromatic nitrogens is 6. The van der Waals surface area contributed by atoms with Gasteiger partial charge in [0.15, 0.2) is 17.1 Å². The fraction of sp³-hybridized carbons (Fsp3) is 0.231. The first kappa shape index (κ1) is 23.0. The number of anilines is 1. The predicted octanol–water partition coefficient (Wildman–Crippen LogP) is 5.28. The van der Waals surface area contributed by atoms with Gasteiger partial charge in [0.25, 0.3) is 0 Å². The maximum Gasteiger partial charge on any atom is 0.228 e. The van der Waals surface area contributed by atoms with Gasteiger partial charge >= 0.3 is 0 Å². The summed E-state index contributed by atoms with van der Waals surface area (Å²) in [5, 5.41) is 17.5. The van der Waals surface area contributed by atoms with Crippen LogP contribution in [0.2, 0.25) is 0 Å². The molecule has 0 unspecified atom stereocenters. The third-order valence-corrected chi connectivity index (χ3v) is 6.82. The molecule has 0 aliphatic heterocycles. The van der Waals surface area contributed by atoms with Crippen LogP contribution in [0.4, 0.5) is 11.5 Å². The topological polar surface area (TPSA) is 103 Å². The lowest BCUT2D eigenvalue weighted by Crippen LogP contribution is -2.13. The van der Waals surface area contributed by atoms with Gasteiger partial charge in [-0.15, -0.1) is 10.2 Å². The average Bonchev–Trinajstić information content (AvgIpc) is 3.59. The van der Waals surface area contributed by atoms with Crippen molar-refractivity contribution in [2.75, 3.05) is 11.9 Å². The zero-order valence-corrected chi connectivity index (χ0v) is 20.8. The minimum absolute atomic E-state index is 0.00961. The molecule has 1 fully saturated rings. The predicted molar refractivity (Wildman–Crippen MR) is 139 cm³/mol. The zero-order chi connectivity index (χ0) is 25.4. The van der Waals surface area contributed by atoms with Crippen molar-refractivity contribution in [3.63, 3.8) is 0 Å². The van der Waals surface area contributed by atoms with Crippen molar-refractivity contribution in [1.29, 1.82) is 0 Å². The minimum Gasteiger partial charge on any atom is -0.505 e. The highest BCUT2D eigenvalue weighted by Gasteiger charge is 2.30. The summed E-state index contributed by atoms with van der Waals surface area (Å²) in [6, 6.07) is 13.2. The third-order valence-electron chi connectivity index (χ3n) is 5.94. The number of fused-ring (bicyclic) bond motifs is 2. The van der Waals surface area contributed by atoms with Crippen LogP contribution in [0.15, 0.2) is 65.0 Å². The molecule has 0 radical (unpaired) electrons. The Balaban J connectivity index is 1.26. The van der Waals surface area contributed by atoms with E-state index in [1.54, 1.807) is 10.7 Å². The number of hydrogen-bond acceptors (Lipinski definition) is 7. The van der Waals surface area contributed by atoms with Crippen LogP contribution in [0, 0.1) is 12.5 Å². The summed E-state index contributed by atoms with van der Waals surface area (Å²) in [5.41, 5.74) is 3.66. The highest BCUT2D eigenvalue weighted by molar-refractivity contribution is 7.99. The van der Waals surface area contributed by atoms with Crippen molar-refractivity contribution in [3.8, 4) is 16.9 Å². The number of carbonyl (C=O) groups excluding carboxylic acids is 1. The number of carbonyl (C=O) groups is 1. The standard InChI is InChI=1S/C26H22N8O2S/c1-3-12-36-20-8-6-17(13-19(20)27-2)18-7-9-23-30-31-26(33(23)14-18)37-24-11-10-22-28-21(15-34(22)32-24)29-25(35)16-4-5-16/h6-11,13-16H,3-5,12H2,1H3,(H,29,35). The molecule has 4 aromatic heterocycles. The molecule has 0 saturated heterocycles. The van der Waals surface area contributed by atoms with E-state index in [0.29, 0.717) is 45.3 Å². The monoisotopic (exact) mass is 510 g/mol. The van der Waals surface area contributed by atoms with Crippen molar-refractivity contribution < 1.29 is 9.53 Å². The van der Waals surface area contributed by atoms with Crippen LogP contribution in [-0.2, 0) is 4.79 Å². The number of pyridine rings is 1. The maximum absolute atomic E-state index is 12.1. The van der Waals surface area contributed by atoms with E-state index in [0.717, 1.165) is 30.4 Å². The summed E-state index contributed by atoms with van der Waals surface area (Å²) in [6.45, 7) is 10.1. The van der Waals surface area contributed by atoms with E-state index >= 15 is 0 Å². The van der Waals surface area contributed by atoms with Crippen LogP contribution in [-0.4, -0.2) is 41.7 Å². The number of ether oxygens (including phenoxy) is 1. The lowest BCUT2D eigenvalue weighted by molar-refractivity contribution is -0.117. The summed E-state index contributed by atoms with van der Waals surface area (Å²) < 4.78 is 9.25. The van der Waals surface area contributed by atoms with E-state index in [4.69, 9.17) is 11.3 Å². The molecule has 37 heavy (non-hydrogen) atoms. The number of nitrogens with zero attached hydrogens (tertiary/aromatic N) is 7. The first-order valence-electron chi connectivity index (χ1n) is 12.0. The normalized spacial score (nSPS) is 13.1. The Morgan fingerprint density at radius 3 is 2.78 bits per heavy atom. The van der Waals surface area contributed by atoms with Crippen molar-refractivity contribution in [2.45, 2.75) is 36.4 Å². The van der Waals surface area contributed by atoms with Crippen molar-refractivity contribution >= 4 is 40.5 Å². The number of hydrogen-bond donors (Lipinski definition) is 1.